The molecule has 7 nitrogen and oxygen atoms in total. The van der Waals surface area contributed by atoms with E-state index < -0.39 is 5.25 Å². The number of aryl methyl sites for hydroxylation is 1. The number of carbonyl (C=O) groups excluding carboxylic acids is 1. The summed E-state index contributed by atoms with van der Waals surface area (Å²) in [4.78, 5) is 31.9. The Morgan fingerprint density at radius 3 is 2.81 bits per heavy atom. The second kappa shape index (κ2) is 8.30. The standard InChI is InChI=1S/C17H23N5O2S2/c1-9(2)8-13-21-22-17(26-13)19-14(23)10(3)25-16-18-12-7-5-4-6-11(12)15(24)20-16/h9-10H,4-8H2,1-3H3,(H,18,20,24)(H,19,22,23)/t10-/m1/s1. The summed E-state index contributed by atoms with van der Waals surface area (Å²) in [7, 11) is 0. The summed E-state index contributed by atoms with van der Waals surface area (Å²) in [5.41, 5.74) is 1.59. The lowest BCUT2D eigenvalue weighted by Gasteiger charge is -2.15. The first-order chi connectivity index (χ1) is 12.4. The van der Waals surface area contributed by atoms with Gasteiger partial charge in [0.15, 0.2) is 5.16 Å². The molecule has 2 aromatic heterocycles. The molecule has 1 atom stereocenters. The van der Waals surface area contributed by atoms with Crippen LogP contribution in [0, 0.1) is 5.92 Å². The first-order valence-electron chi connectivity index (χ1n) is 8.84. The number of aromatic amines is 1. The lowest BCUT2D eigenvalue weighted by molar-refractivity contribution is -0.115. The number of rotatable bonds is 6. The van der Waals surface area contributed by atoms with Crippen LogP contribution in [0.3, 0.4) is 0 Å². The van der Waals surface area contributed by atoms with E-state index in [1.165, 1.54) is 23.1 Å². The van der Waals surface area contributed by atoms with Crippen molar-refractivity contribution in [3.8, 4) is 0 Å². The summed E-state index contributed by atoms with van der Waals surface area (Å²) in [6.07, 6.45) is 4.55. The predicted octanol–water partition coefficient (Wildman–Crippen LogP) is 2.82. The summed E-state index contributed by atoms with van der Waals surface area (Å²) in [6, 6.07) is 0. The summed E-state index contributed by atoms with van der Waals surface area (Å²) in [5.74, 6) is 0.315. The number of hydrogen-bond acceptors (Lipinski definition) is 7. The first-order valence-corrected chi connectivity index (χ1v) is 10.5. The Morgan fingerprint density at radius 2 is 2.04 bits per heavy atom. The predicted molar refractivity (Wildman–Crippen MR) is 104 cm³/mol. The minimum absolute atomic E-state index is 0.0766. The van der Waals surface area contributed by atoms with Crippen molar-refractivity contribution in [2.45, 2.75) is 63.3 Å². The van der Waals surface area contributed by atoms with Gasteiger partial charge in [0.05, 0.1) is 10.9 Å². The van der Waals surface area contributed by atoms with Gasteiger partial charge in [0, 0.05) is 12.0 Å². The van der Waals surface area contributed by atoms with Gasteiger partial charge in [-0.25, -0.2) is 4.98 Å². The van der Waals surface area contributed by atoms with E-state index in [1.54, 1.807) is 6.92 Å². The molecular weight excluding hydrogens is 370 g/mol. The van der Waals surface area contributed by atoms with Crippen molar-refractivity contribution in [1.29, 1.82) is 0 Å². The Morgan fingerprint density at radius 1 is 1.27 bits per heavy atom. The number of anilines is 1. The van der Waals surface area contributed by atoms with Gasteiger partial charge in [0.25, 0.3) is 5.56 Å². The summed E-state index contributed by atoms with van der Waals surface area (Å²) in [6.45, 7) is 6.02. The Kier molecular flexibility index (Phi) is 6.08. The number of amides is 1. The van der Waals surface area contributed by atoms with Crippen LogP contribution in [-0.4, -0.2) is 31.3 Å². The molecule has 1 aliphatic rings. The molecule has 2 N–H and O–H groups in total. The smallest absolute Gasteiger partial charge is 0.254 e. The average Bonchev–Trinajstić information content (AvgIpc) is 3.01. The molecule has 0 unspecified atom stereocenters. The highest BCUT2D eigenvalue weighted by atomic mass is 32.2. The van der Waals surface area contributed by atoms with Crippen LogP contribution < -0.4 is 10.9 Å². The fraction of sp³-hybridized carbons (Fsp3) is 0.588. The van der Waals surface area contributed by atoms with Crippen molar-refractivity contribution in [2.75, 3.05) is 5.32 Å². The van der Waals surface area contributed by atoms with Crippen LogP contribution in [0.2, 0.25) is 0 Å². The third-order valence-electron chi connectivity index (χ3n) is 4.11. The molecule has 0 aromatic carbocycles. The Hall–Kier alpha value is -1.74. The van der Waals surface area contributed by atoms with Crippen LogP contribution in [0.4, 0.5) is 5.13 Å². The third kappa shape index (κ3) is 4.70. The maximum atomic E-state index is 12.4. The molecule has 2 aromatic rings. The second-order valence-electron chi connectivity index (χ2n) is 6.85. The van der Waals surface area contributed by atoms with Crippen molar-refractivity contribution >= 4 is 34.1 Å². The highest BCUT2D eigenvalue weighted by Gasteiger charge is 2.20. The fourth-order valence-corrected chi connectivity index (χ4v) is 4.57. The minimum atomic E-state index is -0.405. The number of nitrogens with one attached hydrogen (secondary N) is 2. The Balaban J connectivity index is 1.63. The molecule has 0 aliphatic heterocycles. The van der Waals surface area contributed by atoms with E-state index in [2.05, 4.69) is 39.3 Å². The molecule has 140 valence electrons. The van der Waals surface area contributed by atoms with Crippen molar-refractivity contribution in [3.05, 3.63) is 26.6 Å². The zero-order chi connectivity index (χ0) is 18.7. The van der Waals surface area contributed by atoms with Crippen LogP contribution in [0.15, 0.2) is 9.95 Å². The molecule has 0 spiro atoms. The zero-order valence-corrected chi connectivity index (χ0v) is 16.8. The van der Waals surface area contributed by atoms with E-state index in [1.807, 2.05) is 0 Å². The molecule has 0 fully saturated rings. The lowest BCUT2D eigenvalue weighted by Crippen LogP contribution is -2.25. The number of hydrogen-bond donors (Lipinski definition) is 2. The molecule has 26 heavy (non-hydrogen) atoms. The number of aromatic nitrogens is 4. The molecule has 0 bridgehead atoms. The van der Waals surface area contributed by atoms with Crippen LogP contribution in [0.5, 0.6) is 0 Å². The molecule has 2 heterocycles. The number of H-pyrrole nitrogens is 1. The average molecular weight is 394 g/mol. The Bertz CT molecular complexity index is 846. The summed E-state index contributed by atoms with van der Waals surface area (Å²) >= 11 is 2.65. The largest absolute Gasteiger partial charge is 0.301 e. The van der Waals surface area contributed by atoms with E-state index in [9.17, 15) is 9.59 Å². The molecule has 0 saturated carbocycles. The number of carbonyl (C=O) groups is 1. The van der Waals surface area contributed by atoms with Gasteiger partial charge in [-0.2, -0.15) is 0 Å². The van der Waals surface area contributed by atoms with Gasteiger partial charge < -0.3 is 4.98 Å². The Labute approximate surface area is 160 Å². The van der Waals surface area contributed by atoms with Gasteiger partial charge in [-0.3, -0.25) is 14.9 Å². The fourth-order valence-electron chi connectivity index (χ4n) is 2.80. The van der Waals surface area contributed by atoms with E-state index in [4.69, 9.17) is 0 Å². The summed E-state index contributed by atoms with van der Waals surface area (Å²) < 4.78 is 0. The van der Waals surface area contributed by atoms with E-state index in [-0.39, 0.29) is 11.5 Å². The van der Waals surface area contributed by atoms with Gasteiger partial charge in [0.1, 0.15) is 5.01 Å². The third-order valence-corrected chi connectivity index (χ3v) is 5.95. The SMILES string of the molecule is CC(C)Cc1nnc(NC(=O)[C@@H](C)Sc2nc3c(c(=O)[nH]2)CCCC3)s1. The molecular formula is C17H23N5O2S2. The molecule has 3 rings (SSSR count). The lowest BCUT2D eigenvalue weighted by atomic mass is 9.97. The molecule has 1 aliphatic carbocycles. The zero-order valence-electron chi connectivity index (χ0n) is 15.2. The topological polar surface area (TPSA) is 101 Å². The van der Waals surface area contributed by atoms with Crippen molar-refractivity contribution in [3.63, 3.8) is 0 Å². The second-order valence-corrected chi connectivity index (χ2v) is 9.24. The van der Waals surface area contributed by atoms with Crippen molar-refractivity contribution in [1.82, 2.24) is 20.2 Å². The van der Waals surface area contributed by atoms with E-state index >= 15 is 0 Å². The number of nitrogens with zero attached hydrogens (tertiary/aromatic N) is 3. The maximum Gasteiger partial charge on any atom is 0.254 e. The highest BCUT2D eigenvalue weighted by Crippen LogP contribution is 2.24. The quantitative estimate of drug-likeness (QED) is 0.578. The minimum Gasteiger partial charge on any atom is -0.301 e. The van der Waals surface area contributed by atoms with Crippen LogP contribution in [-0.2, 0) is 24.1 Å². The van der Waals surface area contributed by atoms with Gasteiger partial charge >= 0.3 is 0 Å². The highest BCUT2D eigenvalue weighted by molar-refractivity contribution is 8.00. The van der Waals surface area contributed by atoms with Crippen LogP contribution in [0.1, 0.15) is 49.9 Å². The monoisotopic (exact) mass is 393 g/mol. The summed E-state index contributed by atoms with van der Waals surface area (Å²) in [5, 5.41) is 12.4. The molecule has 1 amide bonds. The number of thioether (sulfide) groups is 1. The van der Waals surface area contributed by atoms with E-state index in [0.29, 0.717) is 16.2 Å². The maximum absolute atomic E-state index is 12.4. The van der Waals surface area contributed by atoms with Crippen molar-refractivity contribution in [2.24, 2.45) is 5.92 Å². The first kappa shape index (κ1) is 19.0. The van der Waals surface area contributed by atoms with Crippen LogP contribution in [0.25, 0.3) is 0 Å². The van der Waals surface area contributed by atoms with E-state index in [0.717, 1.165) is 48.4 Å². The van der Waals surface area contributed by atoms with Gasteiger partial charge in [-0.15, -0.1) is 10.2 Å². The van der Waals surface area contributed by atoms with Gasteiger partial charge in [-0.05, 0) is 38.5 Å². The molecule has 0 radical (unpaired) electrons. The number of fused-ring (bicyclic) bond motifs is 1. The molecule has 9 heteroatoms. The normalized spacial score (nSPS) is 14.9. The molecule has 0 saturated heterocycles. The van der Waals surface area contributed by atoms with Crippen molar-refractivity contribution < 1.29 is 4.79 Å². The van der Waals surface area contributed by atoms with Gasteiger partial charge in [-0.1, -0.05) is 36.9 Å². The van der Waals surface area contributed by atoms with Gasteiger partial charge in [0.2, 0.25) is 11.0 Å². The van der Waals surface area contributed by atoms with Crippen LogP contribution >= 0.6 is 23.1 Å².